The van der Waals surface area contributed by atoms with Crippen LogP contribution in [-0.2, 0) is 23.9 Å². The van der Waals surface area contributed by atoms with E-state index in [1.54, 1.807) is 17.0 Å². The lowest BCUT2D eigenvalue weighted by Gasteiger charge is -2.26. The van der Waals surface area contributed by atoms with Crippen LogP contribution < -0.4 is 15.5 Å². The van der Waals surface area contributed by atoms with Crippen molar-refractivity contribution in [2.75, 3.05) is 18.0 Å². The second-order valence-electron chi connectivity index (χ2n) is 11.9. The van der Waals surface area contributed by atoms with Gasteiger partial charge in [0.1, 0.15) is 11.6 Å². The van der Waals surface area contributed by atoms with Gasteiger partial charge in [-0.2, -0.15) is 13.2 Å². The van der Waals surface area contributed by atoms with Crippen LogP contribution >= 0.6 is 0 Å². The van der Waals surface area contributed by atoms with Crippen LogP contribution in [0.2, 0.25) is 0 Å². The summed E-state index contributed by atoms with van der Waals surface area (Å²) in [5.74, 6) is -1.90. The first-order valence-corrected chi connectivity index (χ1v) is 15.2. The Morgan fingerprint density at radius 3 is 2.36 bits per heavy atom. The molecule has 2 fully saturated rings. The number of carbonyl (C=O) groups excluding carboxylic acids is 2. The van der Waals surface area contributed by atoms with E-state index in [9.17, 15) is 36.6 Å². The molecule has 3 N–H and O–H groups in total. The normalized spacial score (nSPS) is 17.1. The van der Waals surface area contributed by atoms with Crippen LogP contribution in [-0.4, -0.2) is 42.2 Å². The summed E-state index contributed by atoms with van der Waals surface area (Å²) in [5.41, 5.74) is 1.65. The minimum Gasteiger partial charge on any atom is -0.390 e. The number of aliphatic hydroxyl groups excluding tert-OH is 1. The maximum absolute atomic E-state index is 14.0. The number of anilines is 1. The van der Waals surface area contributed by atoms with Gasteiger partial charge in [-0.05, 0) is 84.7 Å². The molecule has 240 valence electrons. The van der Waals surface area contributed by atoms with Gasteiger partial charge in [0.15, 0.2) is 0 Å². The number of nitrogens with one attached hydrogen (secondary N) is 2. The molecule has 2 amide bonds. The van der Waals surface area contributed by atoms with Crippen molar-refractivity contribution in [2.45, 2.75) is 75.7 Å². The lowest BCUT2D eigenvalue weighted by molar-refractivity contribution is -0.137. The molecule has 0 bridgehead atoms. The Balaban J connectivity index is 1.36. The standard InChI is InChI=1S/C34H36F5N3O3/c35-27-12-22(13-28(36)18-27)14-30(31(43)20-40-19-21-5-3-8-26(11-21)34(37,38)39)41-33(45)25-15-24(23-6-1-2-7-23)16-29(17-25)42-10-4-9-32(42)44/h3,5,8,11-13,15-18,23,30-31,40,43H,1-2,4,6-7,9-10,14,19-20H2,(H,41,45). The summed E-state index contributed by atoms with van der Waals surface area (Å²) in [6.45, 7) is 0.430. The Bertz CT molecular complexity index is 1500. The van der Waals surface area contributed by atoms with Crippen molar-refractivity contribution in [1.29, 1.82) is 0 Å². The molecule has 3 aromatic rings. The van der Waals surface area contributed by atoms with Crippen LogP contribution in [0.15, 0.2) is 60.7 Å². The maximum Gasteiger partial charge on any atom is 0.416 e. The third kappa shape index (κ3) is 8.46. The Morgan fingerprint density at radius 2 is 1.69 bits per heavy atom. The summed E-state index contributed by atoms with van der Waals surface area (Å²) in [6.07, 6.45) is -0.639. The number of hydrogen-bond donors (Lipinski definition) is 3. The van der Waals surface area contributed by atoms with E-state index in [0.29, 0.717) is 29.8 Å². The first kappa shape index (κ1) is 32.6. The molecule has 3 aromatic carbocycles. The molecule has 45 heavy (non-hydrogen) atoms. The van der Waals surface area contributed by atoms with Gasteiger partial charge in [-0.15, -0.1) is 0 Å². The fourth-order valence-electron chi connectivity index (χ4n) is 6.22. The van der Waals surface area contributed by atoms with Crippen molar-refractivity contribution in [3.8, 4) is 0 Å². The van der Waals surface area contributed by atoms with Gasteiger partial charge in [-0.1, -0.05) is 31.0 Å². The van der Waals surface area contributed by atoms with Crippen molar-refractivity contribution >= 4 is 17.5 Å². The first-order chi connectivity index (χ1) is 21.5. The van der Waals surface area contributed by atoms with Crippen molar-refractivity contribution in [3.05, 3.63) is 100 Å². The second kappa shape index (κ2) is 14.1. The summed E-state index contributed by atoms with van der Waals surface area (Å²) >= 11 is 0. The average molecular weight is 630 g/mol. The molecule has 1 heterocycles. The fourth-order valence-corrected chi connectivity index (χ4v) is 6.22. The lowest BCUT2D eigenvalue weighted by Crippen LogP contribution is -2.48. The summed E-state index contributed by atoms with van der Waals surface area (Å²) in [7, 11) is 0. The molecule has 1 aliphatic carbocycles. The molecular formula is C34H36F5N3O3. The van der Waals surface area contributed by atoms with E-state index >= 15 is 0 Å². The molecule has 1 aliphatic heterocycles. The summed E-state index contributed by atoms with van der Waals surface area (Å²) < 4.78 is 67.4. The van der Waals surface area contributed by atoms with E-state index in [2.05, 4.69) is 10.6 Å². The molecule has 6 nitrogen and oxygen atoms in total. The molecule has 1 saturated carbocycles. The molecule has 0 radical (unpaired) electrons. The van der Waals surface area contributed by atoms with Crippen LogP contribution in [0.25, 0.3) is 0 Å². The van der Waals surface area contributed by atoms with Crippen LogP contribution in [0, 0.1) is 11.6 Å². The summed E-state index contributed by atoms with van der Waals surface area (Å²) in [6, 6.07) is 12.1. The highest BCUT2D eigenvalue weighted by atomic mass is 19.4. The van der Waals surface area contributed by atoms with Gasteiger partial charge >= 0.3 is 6.18 Å². The van der Waals surface area contributed by atoms with Crippen LogP contribution in [0.4, 0.5) is 27.6 Å². The van der Waals surface area contributed by atoms with Crippen molar-refractivity contribution in [1.82, 2.24) is 10.6 Å². The largest absolute Gasteiger partial charge is 0.416 e. The molecular weight excluding hydrogens is 593 g/mol. The molecule has 1 saturated heterocycles. The zero-order chi connectivity index (χ0) is 32.1. The Labute approximate surface area is 258 Å². The number of rotatable bonds is 11. The van der Waals surface area contributed by atoms with Crippen LogP contribution in [0.3, 0.4) is 0 Å². The molecule has 2 unspecified atom stereocenters. The number of nitrogens with zero attached hydrogens (tertiary/aromatic N) is 1. The third-order valence-corrected chi connectivity index (χ3v) is 8.51. The highest BCUT2D eigenvalue weighted by Gasteiger charge is 2.31. The van der Waals surface area contributed by atoms with E-state index < -0.39 is 41.4 Å². The first-order valence-electron chi connectivity index (χ1n) is 15.2. The van der Waals surface area contributed by atoms with Gasteiger partial charge in [-0.3, -0.25) is 9.59 Å². The smallest absolute Gasteiger partial charge is 0.390 e. The predicted molar refractivity (Wildman–Crippen MR) is 160 cm³/mol. The van der Waals surface area contributed by atoms with E-state index in [-0.39, 0.29) is 36.9 Å². The summed E-state index contributed by atoms with van der Waals surface area (Å²) in [5, 5.41) is 16.9. The van der Waals surface area contributed by atoms with Crippen molar-refractivity contribution < 1.29 is 36.6 Å². The molecule has 5 rings (SSSR count). The predicted octanol–water partition coefficient (Wildman–Crippen LogP) is 6.26. The Morgan fingerprint density at radius 1 is 0.956 bits per heavy atom. The van der Waals surface area contributed by atoms with Gasteiger partial charge in [0, 0.05) is 43.4 Å². The molecule has 0 aromatic heterocycles. The van der Waals surface area contributed by atoms with E-state index in [1.807, 2.05) is 6.07 Å². The second-order valence-corrected chi connectivity index (χ2v) is 11.9. The lowest BCUT2D eigenvalue weighted by atomic mass is 9.94. The zero-order valence-electron chi connectivity index (χ0n) is 24.7. The molecule has 2 atom stereocenters. The van der Waals surface area contributed by atoms with Crippen molar-refractivity contribution in [3.63, 3.8) is 0 Å². The van der Waals surface area contributed by atoms with Gasteiger partial charge < -0.3 is 20.6 Å². The number of benzene rings is 3. The summed E-state index contributed by atoms with van der Waals surface area (Å²) in [4.78, 5) is 28.0. The van der Waals surface area contributed by atoms with Gasteiger partial charge in [0.25, 0.3) is 5.91 Å². The highest BCUT2D eigenvalue weighted by Crippen LogP contribution is 2.37. The maximum atomic E-state index is 14.0. The van der Waals surface area contributed by atoms with Gasteiger partial charge in [-0.25, -0.2) is 8.78 Å². The topological polar surface area (TPSA) is 81.7 Å². The Hall–Kier alpha value is -3.83. The zero-order valence-corrected chi connectivity index (χ0v) is 24.7. The minimum absolute atomic E-state index is 0.00684. The fraction of sp³-hybridized carbons (Fsp3) is 0.412. The molecule has 2 aliphatic rings. The number of hydrogen-bond acceptors (Lipinski definition) is 4. The number of carbonyl (C=O) groups is 2. The highest BCUT2D eigenvalue weighted by molar-refractivity contribution is 5.99. The Kier molecular flexibility index (Phi) is 10.2. The van der Waals surface area contributed by atoms with E-state index in [0.717, 1.165) is 68.0 Å². The SMILES string of the molecule is O=C(NC(Cc1cc(F)cc(F)c1)C(O)CNCc1cccc(C(F)(F)F)c1)c1cc(C2CCCC2)cc(N2CCCC2=O)c1. The average Bonchev–Trinajstić information content (AvgIpc) is 3.68. The number of halogens is 5. The van der Waals surface area contributed by atoms with Crippen LogP contribution in [0.5, 0.6) is 0 Å². The quantitative estimate of drug-likeness (QED) is 0.219. The number of amides is 2. The van der Waals surface area contributed by atoms with Crippen molar-refractivity contribution in [2.24, 2.45) is 0 Å². The monoisotopic (exact) mass is 629 g/mol. The minimum atomic E-state index is -4.50. The number of alkyl halides is 3. The van der Waals surface area contributed by atoms with Gasteiger partial charge in [0.2, 0.25) is 5.91 Å². The van der Waals surface area contributed by atoms with Gasteiger partial charge in [0.05, 0.1) is 17.7 Å². The molecule has 11 heteroatoms. The van der Waals surface area contributed by atoms with Crippen LogP contribution in [0.1, 0.15) is 77.1 Å². The van der Waals surface area contributed by atoms with E-state index in [4.69, 9.17) is 0 Å². The molecule has 0 spiro atoms. The number of aliphatic hydroxyl groups is 1. The van der Waals surface area contributed by atoms with E-state index in [1.165, 1.54) is 12.1 Å². The third-order valence-electron chi connectivity index (χ3n) is 8.51.